The number of piperazine rings is 1. The Morgan fingerprint density at radius 1 is 1.11 bits per heavy atom. The van der Waals surface area contributed by atoms with Gasteiger partial charge in [-0.05, 0) is 66.9 Å². The Kier molecular flexibility index (Phi) is 8.96. The lowest BCUT2D eigenvalue weighted by Crippen LogP contribution is -2.52. The number of carbonyl (C=O) groups excluding carboxylic acids is 1. The second-order valence-electron chi connectivity index (χ2n) is 9.88. The molecule has 6 nitrogen and oxygen atoms in total. The number of nitriles is 1. The van der Waals surface area contributed by atoms with Crippen LogP contribution < -0.4 is 10.2 Å². The molecule has 0 saturated carbocycles. The second kappa shape index (κ2) is 12.2. The molecule has 0 aliphatic carbocycles. The van der Waals surface area contributed by atoms with Crippen molar-refractivity contribution in [3.05, 3.63) is 99.0 Å². The number of hydrogen-bond donors (Lipinski definition) is 2. The van der Waals surface area contributed by atoms with Crippen LogP contribution in [0.25, 0.3) is 0 Å². The van der Waals surface area contributed by atoms with Crippen LogP contribution in [-0.2, 0) is 5.60 Å². The fourth-order valence-corrected chi connectivity index (χ4v) is 5.31. The maximum atomic E-state index is 12.3. The highest BCUT2D eigenvalue weighted by molar-refractivity contribution is 6.33. The highest BCUT2D eigenvalue weighted by atomic mass is 35.5. The van der Waals surface area contributed by atoms with Gasteiger partial charge in [-0.3, -0.25) is 9.69 Å². The lowest BCUT2D eigenvalue weighted by Gasteiger charge is -2.45. The number of β-amino-alcohol motifs (C(OH)–C–C–N with tert-alkyl or cyclic N) is 1. The Hall–Kier alpha value is -3.08. The number of nitrogens with one attached hydrogen (secondary N) is 1. The van der Waals surface area contributed by atoms with Crippen LogP contribution >= 0.6 is 23.2 Å². The van der Waals surface area contributed by atoms with E-state index in [0.29, 0.717) is 53.9 Å². The van der Waals surface area contributed by atoms with E-state index in [2.05, 4.69) is 21.2 Å². The van der Waals surface area contributed by atoms with Crippen LogP contribution in [0.15, 0.2) is 66.7 Å². The third kappa shape index (κ3) is 6.48. The zero-order valence-electron chi connectivity index (χ0n) is 21.6. The minimum atomic E-state index is -1.11. The number of hydrogen-bond acceptors (Lipinski definition) is 5. The zero-order valence-corrected chi connectivity index (χ0v) is 23.1. The maximum Gasteiger partial charge on any atom is 0.251 e. The summed E-state index contributed by atoms with van der Waals surface area (Å²) in [7, 11) is 0. The third-order valence-electron chi connectivity index (χ3n) is 6.94. The number of halogens is 2. The van der Waals surface area contributed by atoms with Crippen molar-refractivity contribution in [1.82, 2.24) is 10.2 Å². The van der Waals surface area contributed by atoms with Crippen molar-refractivity contribution >= 4 is 34.8 Å². The van der Waals surface area contributed by atoms with Crippen molar-refractivity contribution in [2.24, 2.45) is 0 Å². The summed E-state index contributed by atoms with van der Waals surface area (Å²) in [6.45, 7) is 6.93. The van der Waals surface area contributed by atoms with Crippen molar-refractivity contribution in [2.45, 2.75) is 31.9 Å². The van der Waals surface area contributed by atoms with Crippen molar-refractivity contribution in [3.63, 3.8) is 0 Å². The first-order valence-corrected chi connectivity index (χ1v) is 13.5. The molecule has 0 aromatic heterocycles. The molecule has 2 atom stereocenters. The Balaban J connectivity index is 1.54. The Morgan fingerprint density at radius 3 is 2.45 bits per heavy atom. The molecule has 0 radical (unpaired) electrons. The van der Waals surface area contributed by atoms with Gasteiger partial charge in [0.25, 0.3) is 5.91 Å². The van der Waals surface area contributed by atoms with E-state index >= 15 is 0 Å². The van der Waals surface area contributed by atoms with Gasteiger partial charge < -0.3 is 15.3 Å². The summed E-state index contributed by atoms with van der Waals surface area (Å²) in [5.41, 5.74) is 2.69. The van der Waals surface area contributed by atoms with Crippen molar-refractivity contribution in [1.29, 1.82) is 5.26 Å². The summed E-state index contributed by atoms with van der Waals surface area (Å²) in [5, 5.41) is 24.8. The molecule has 3 aromatic rings. The van der Waals surface area contributed by atoms with Gasteiger partial charge in [0.05, 0.1) is 34.0 Å². The van der Waals surface area contributed by atoms with Crippen LogP contribution in [-0.4, -0.2) is 48.6 Å². The Bertz CT molecular complexity index is 1300. The summed E-state index contributed by atoms with van der Waals surface area (Å²) in [6.07, 6.45) is 0.875. The molecule has 198 valence electrons. The monoisotopic (exact) mass is 550 g/mol. The summed E-state index contributed by atoms with van der Waals surface area (Å²) in [6, 6.07) is 22.4. The molecule has 1 heterocycles. The van der Waals surface area contributed by atoms with E-state index in [-0.39, 0.29) is 11.9 Å². The molecule has 8 heteroatoms. The molecule has 0 bridgehead atoms. The largest absolute Gasteiger partial charge is 0.384 e. The summed E-state index contributed by atoms with van der Waals surface area (Å²) >= 11 is 12.8. The van der Waals surface area contributed by atoms with Crippen LogP contribution in [0.1, 0.15) is 53.4 Å². The van der Waals surface area contributed by atoms with Crippen LogP contribution in [0, 0.1) is 11.3 Å². The second-order valence-corrected chi connectivity index (χ2v) is 10.7. The van der Waals surface area contributed by atoms with Crippen LogP contribution in [0.3, 0.4) is 0 Å². The Morgan fingerprint density at radius 2 is 1.82 bits per heavy atom. The van der Waals surface area contributed by atoms with E-state index in [1.165, 1.54) is 0 Å². The molecular formula is C30H32Cl2N4O2. The van der Waals surface area contributed by atoms with E-state index in [1.54, 1.807) is 31.2 Å². The van der Waals surface area contributed by atoms with Gasteiger partial charge in [-0.1, -0.05) is 54.4 Å². The standard InChI is InChI=1S/C30H32Cl2N4O2/c1-3-14-34-29(37)23-5-9-24(10-6-23)30(2,38)20-35-15-16-36(27-13-4-21(18-33)17-26(27)32)28(19-35)22-7-11-25(31)12-8-22/h4-13,17,28,38H,3,14-16,19-20H2,1-2H3,(H,34,37)/t28-,30+/m0/s1. The highest BCUT2D eigenvalue weighted by Gasteiger charge is 2.34. The smallest absolute Gasteiger partial charge is 0.251 e. The molecule has 1 aliphatic rings. The lowest BCUT2D eigenvalue weighted by atomic mass is 9.93. The molecule has 1 amide bonds. The van der Waals surface area contributed by atoms with Gasteiger partial charge in [-0.25, -0.2) is 0 Å². The molecular weight excluding hydrogens is 519 g/mol. The molecule has 1 saturated heterocycles. The van der Waals surface area contributed by atoms with E-state index in [4.69, 9.17) is 23.2 Å². The normalized spacial score (nSPS) is 17.5. The van der Waals surface area contributed by atoms with Gasteiger partial charge in [-0.15, -0.1) is 0 Å². The number of rotatable bonds is 8. The van der Waals surface area contributed by atoms with Gasteiger partial charge in [0.15, 0.2) is 0 Å². The van der Waals surface area contributed by atoms with Crippen molar-refractivity contribution < 1.29 is 9.90 Å². The fourth-order valence-electron chi connectivity index (χ4n) is 4.90. The van der Waals surface area contributed by atoms with Gasteiger partial charge >= 0.3 is 0 Å². The number of benzene rings is 3. The summed E-state index contributed by atoms with van der Waals surface area (Å²) in [5.74, 6) is -0.110. The van der Waals surface area contributed by atoms with Crippen LogP contribution in [0.5, 0.6) is 0 Å². The van der Waals surface area contributed by atoms with Gasteiger partial charge in [-0.2, -0.15) is 5.26 Å². The number of amides is 1. The molecule has 2 N–H and O–H groups in total. The minimum absolute atomic E-state index is 0.0353. The topological polar surface area (TPSA) is 79.6 Å². The molecule has 1 aliphatic heterocycles. The minimum Gasteiger partial charge on any atom is -0.384 e. The van der Waals surface area contributed by atoms with E-state index < -0.39 is 5.60 Å². The molecule has 0 spiro atoms. The molecule has 4 rings (SSSR count). The predicted molar refractivity (Wildman–Crippen MR) is 153 cm³/mol. The molecule has 0 unspecified atom stereocenters. The van der Waals surface area contributed by atoms with Gasteiger partial charge in [0.1, 0.15) is 0 Å². The Labute approximate surface area is 234 Å². The SMILES string of the molecule is CCCNC(=O)c1ccc([C@](C)(O)CN2CCN(c3ccc(C#N)cc3Cl)[C@H](c3ccc(Cl)cc3)C2)cc1. The molecule has 3 aromatic carbocycles. The predicted octanol–water partition coefficient (Wildman–Crippen LogP) is 5.78. The van der Waals surface area contributed by atoms with Crippen LogP contribution in [0.2, 0.25) is 10.0 Å². The maximum absolute atomic E-state index is 12.3. The summed E-state index contributed by atoms with van der Waals surface area (Å²) in [4.78, 5) is 16.8. The van der Waals surface area contributed by atoms with E-state index in [0.717, 1.165) is 23.2 Å². The average Bonchev–Trinajstić information content (AvgIpc) is 2.92. The first kappa shape index (κ1) is 27.9. The fraction of sp³-hybridized carbons (Fsp3) is 0.333. The third-order valence-corrected chi connectivity index (χ3v) is 7.50. The number of aliphatic hydroxyl groups is 1. The molecule has 38 heavy (non-hydrogen) atoms. The van der Waals surface area contributed by atoms with E-state index in [1.807, 2.05) is 49.4 Å². The van der Waals surface area contributed by atoms with Gasteiger partial charge in [0.2, 0.25) is 0 Å². The lowest BCUT2D eigenvalue weighted by molar-refractivity contribution is 0.0103. The average molecular weight is 552 g/mol. The van der Waals surface area contributed by atoms with Crippen molar-refractivity contribution in [2.75, 3.05) is 37.6 Å². The molecule has 1 fully saturated rings. The van der Waals surface area contributed by atoms with Gasteiger partial charge in [0, 0.05) is 43.3 Å². The van der Waals surface area contributed by atoms with Crippen LogP contribution in [0.4, 0.5) is 5.69 Å². The van der Waals surface area contributed by atoms with E-state index in [9.17, 15) is 15.2 Å². The highest BCUT2D eigenvalue weighted by Crippen LogP contribution is 2.37. The number of anilines is 1. The number of carbonyl (C=O) groups is 1. The first-order valence-electron chi connectivity index (χ1n) is 12.8. The quantitative estimate of drug-likeness (QED) is 0.371. The van der Waals surface area contributed by atoms with Crippen molar-refractivity contribution in [3.8, 4) is 6.07 Å². The number of nitrogens with zero attached hydrogens (tertiary/aromatic N) is 3. The zero-order chi connectivity index (χ0) is 27.3. The first-order chi connectivity index (χ1) is 18.2. The summed E-state index contributed by atoms with van der Waals surface area (Å²) < 4.78 is 0.